The summed E-state index contributed by atoms with van der Waals surface area (Å²) in [4.78, 5) is 12.4. The van der Waals surface area contributed by atoms with Crippen LogP contribution in [-0.4, -0.2) is 34.9 Å². The average Bonchev–Trinajstić information content (AvgIpc) is 3.23. The molecule has 2 atom stereocenters. The molecule has 0 aliphatic heterocycles. The number of carbonyl (C=O) groups excluding carboxylic acids is 1. The number of aliphatic hydroxyl groups excluding tert-OH is 2. The predicted molar refractivity (Wildman–Crippen MR) is 258 cm³/mol. The summed E-state index contributed by atoms with van der Waals surface area (Å²) in [5.41, 5.74) is 0. The minimum atomic E-state index is -0.841. The van der Waals surface area contributed by atoms with Crippen LogP contribution in [0, 0.1) is 0 Å². The second-order valence-electron chi connectivity index (χ2n) is 17.6. The normalized spacial score (nSPS) is 13.2. The van der Waals surface area contributed by atoms with Crippen LogP contribution in [0.25, 0.3) is 0 Å². The van der Waals surface area contributed by atoms with Crippen LogP contribution in [0.4, 0.5) is 0 Å². The molecule has 3 N–H and O–H groups in total. The number of allylic oxidation sites excluding steroid dienone is 7. The first-order valence-corrected chi connectivity index (χ1v) is 25.9. The van der Waals surface area contributed by atoms with E-state index in [4.69, 9.17) is 0 Å². The lowest BCUT2D eigenvalue weighted by molar-refractivity contribution is -0.123. The number of hydrogen-bond acceptors (Lipinski definition) is 3. The first kappa shape index (κ1) is 56.4. The highest BCUT2D eigenvalue weighted by Crippen LogP contribution is 2.16. The third-order valence-corrected chi connectivity index (χ3v) is 11.8. The van der Waals surface area contributed by atoms with Gasteiger partial charge in [-0.25, -0.2) is 0 Å². The van der Waals surface area contributed by atoms with Crippen LogP contribution in [0.1, 0.15) is 271 Å². The van der Waals surface area contributed by atoms with Crippen LogP contribution in [0.15, 0.2) is 48.6 Å². The molecule has 0 radical (unpaired) electrons. The molecule has 0 aliphatic rings. The molecule has 58 heavy (non-hydrogen) atoms. The lowest BCUT2D eigenvalue weighted by Crippen LogP contribution is -2.45. The van der Waals surface area contributed by atoms with Crippen molar-refractivity contribution in [1.29, 1.82) is 0 Å². The molecule has 340 valence electrons. The number of amides is 1. The molecule has 1 amide bonds. The lowest BCUT2D eigenvalue weighted by atomic mass is 10.0. The molecule has 0 aliphatic carbocycles. The Balaban J connectivity index is 3.53. The fraction of sp³-hybridized carbons (Fsp3) is 0.833. The molecule has 0 saturated heterocycles. The maximum absolute atomic E-state index is 12.4. The summed E-state index contributed by atoms with van der Waals surface area (Å²) in [6.07, 6.45) is 68.1. The van der Waals surface area contributed by atoms with Crippen molar-refractivity contribution < 1.29 is 15.0 Å². The van der Waals surface area contributed by atoms with E-state index in [1.54, 1.807) is 6.08 Å². The number of carbonyl (C=O) groups is 1. The molecule has 2 unspecified atom stereocenters. The van der Waals surface area contributed by atoms with Crippen LogP contribution < -0.4 is 5.32 Å². The Morgan fingerprint density at radius 3 is 1.05 bits per heavy atom. The van der Waals surface area contributed by atoms with E-state index in [9.17, 15) is 15.0 Å². The summed E-state index contributed by atoms with van der Waals surface area (Å²) in [6.45, 7) is 4.31. The summed E-state index contributed by atoms with van der Waals surface area (Å²) < 4.78 is 0. The molecular formula is C54H101NO3. The monoisotopic (exact) mass is 812 g/mol. The molecule has 4 nitrogen and oxygen atoms in total. The molecule has 4 heteroatoms. The maximum atomic E-state index is 12.4. The summed E-state index contributed by atoms with van der Waals surface area (Å²) in [5, 5.41) is 23.1. The summed E-state index contributed by atoms with van der Waals surface area (Å²) in [5.74, 6) is -0.0645. The smallest absolute Gasteiger partial charge is 0.220 e. The Morgan fingerprint density at radius 1 is 0.414 bits per heavy atom. The zero-order chi connectivity index (χ0) is 42.1. The van der Waals surface area contributed by atoms with Gasteiger partial charge in [0.05, 0.1) is 18.8 Å². The predicted octanol–water partition coefficient (Wildman–Crippen LogP) is 16.7. The van der Waals surface area contributed by atoms with Gasteiger partial charge in [-0.15, -0.1) is 0 Å². The average molecular weight is 812 g/mol. The Morgan fingerprint density at radius 2 is 0.707 bits per heavy atom. The minimum Gasteiger partial charge on any atom is -0.394 e. The number of aliphatic hydroxyl groups is 2. The van der Waals surface area contributed by atoms with Crippen LogP contribution in [-0.2, 0) is 4.79 Å². The fourth-order valence-electron chi connectivity index (χ4n) is 7.83. The molecule has 0 aromatic heterocycles. The Bertz CT molecular complexity index is 923. The minimum absolute atomic E-state index is 0.0645. The van der Waals surface area contributed by atoms with E-state index in [0.717, 1.165) is 38.5 Å². The standard InChI is InChI=1S/C54H101NO3/c1-3-5-7-9-11-13-15-17-19-21-23-24-25-26-27-28-29-30-32-34-36-38-40-42-44-46-48-50-54(58)55-52(51-56)53(57)49-47-45-43-41-39-37-35-33-31-22-20-18-16-14-12-10-8-6-4-2/h15,17,21,23,25-26,47,49,52-53,56-57H,3-14,16,18-20,22,24,27-46,48,50-51H2,1-2H3,(H,55,58)/b17-15-,23-21-,26-25-,49-47+. The van der Waals surface area contributed by atoms with Crippen LogP contribution in [0.3, 0.4) is 0 Å². The van der Waals surface area contributed by atoms with Gasteiger partial charge in [0.2, 0.25) is 5.91 Å². The van der Waals surface area contributed by atoms with E-state index in [1.807, 2.05) is 6.08 Å². The number of hydrogen-bond donors (Lipinski definition) is 3. The van der Waals surface area contributed by atoms with E-state index in [1.165, 1.54) is 212 Å². The Hall–Kier alpha value is -1.65. The van der Waals surface area contributed by atoms with Crippen molar-refractivity contribution in [3.8, 4) is 0 Å². The van der Waals surface area contributed by atoms with Gasteiger partial charge in [-0.05, 0) is 57.8 Å². The van der Waals surface area contributed by atoms with Crippen LogP contribution >= 0.6 is 0 Å². The van der Waals surface area contributed by atoms with E-state index < -0.39 is 12.1 Å². The molecule has 0 fully saturated rings. The molecular weight excluding hydrogens is 711 g/mol. The molecule has 0 saturated carbocycles. The maximum Gasteiger partial charge on any atom is 0.220 e. The van der Waals surface area contributed by atoms with Crippen molar-refractivity contribution in [3.05, 3.63) is 48.6 Å². The van der Waals surface area contributed by atoms with Crippen LogP contribution in [0.2, 0.25) is 0 Å². The molecule has 0 spiro atoms. The van der Waals surface area contributed by atoms with Crippen molar-refractivity contribution >= 4 is 5.91 Å². The first-order valence-electron chi connectivity index (χ1n) is 25.9. The summed E-state index contributed by atoms with van der Waals surface area (Å²) in [7, 11) is 0. The van der Waals surface area contributed by atoms with Crippen molar-refractivity contribution in [1.82, 2.24) is 5.32 Å². The first-order chi connectivity index (χ1) is 28.7. The van der Waals surface area contributed by atoms with Crippen LogP contribution in [0.5, 0.6) is 0 Å². The van der Waals surface area contributed by atoms with Gasteiger partial charge < -0.3 is 15.5 Å². The van der Waals surface area contributed by atoms with Crippen molar-refractivity contribution in [2.45, 2.75) is 283 Å². The SMILES string of the molecule is CCCCCCC/C=C\C/C=C\C/C=C\CCCCCCCCCCCCCCC(=O)NC(CO)C(O)/C=C/CCCCCCCCCCCCCCCCCCC. The summed E-state index contributed by atoms with van der Waals surface area (Å²) >= 11 is 0. The fourth-order valence-corrected chi connectivity index (χ4v) is 7.83. The summed E-state index contributed by atoms with van der Waals surface area (Å²) in [6, 6.07) is -0.624. The topological polar surface area (TPSA) is 69.6 Å². The molecule has 0 heterocycles. The Labute approximate surface area is 363 Å². The third kappa shape index (κ3) is 45.4. The van der Waals surface area contributed by atoms with E-state index in [0.29, 0.717) is 6.42 Å². The number of nitrogens with one attached hydrogen (secondary N) is 1. The van der Waals surface area contributed by atoms with E-state index >= 15 is 0 Å². The van der Waals surface area contributed by atoms with Crippen molar-refractivity contribution in [2.24, 2.45) is 0 Å². The highest BCUT2D eigenvalue weighted by molar-refractivity contribution is 5.76. The molecule has 0 aromatic carbocycles. The lowest BCUT2D eigenvalue weighted by Gasteiger charge is -2.20. The molecule has 0 bridgehead atoms. The van der Waals surface area contributed by atoms with E-state index in [2.05, 4.69) is 55.6 Å². The van der Waals surface area contributed by atoms with Gasteiger partial charge in [-0.1, -0.05) is 255 Å². The molecule has 0 aromatic rings. The second-order valence-corrected chi connectivity index (χ2v) is 17.6. The van der Waals surface area contributed by atoms with Gasteiger partial charge in [0.25, 0.3) is 0 Å². The highest BCUT2D eigenvalue weighted by atomic mass is 16.3. The zero-order valence-electron chi connectivity index (χ0n) is 39.1. The van der Waals surface area contributed by atoms with E-state index in [-0.39, 0.29) is 12.5 Å². The number of unbranched alkanes of at least 4 members (excludes halogenated alkanes) is 34. The second kappa shape index (κ2) is 49.7. The number of rotatable bonds is 47. The third-order valence-electron chi connectivity index (χ3n) is 11.8. The van der Waals surface area contributed by atoms with Gasteiger partial charge in [0.1, 0.15) is 0 Å². The zero-order valence-corrected chi connectivity index (χ0v) is 39.1. The Kier molecular flexibility index (Phi) is 48.3. The van der Waals surface area contributed by atoms with Gasteiger partial charge in [-0.3, -0.25) is 4.79 Å². The highest BCUT2D eigenvalue weighted by Gasteiger charge is 2.18. The quantitative estimate of drug-likeness (QED) is 0.0423. The van der Waals surface area contributed by atoms with Crippen molar-refractivity contribution in [3.63, 3.8) is 0 Å². The molecule has 0 rings (SSSR count). The van der Waals surface area contributed by atoms with Gasteiger partial charge in [0, 0.05) is 6.42 Å². The van der Waals surface area contributed by atoms with Gasteiger partial charge in [0.15, 0.2) is 0 Å². The van der Waals surface area contributed by atoms with Gasteiger partial charge >= 0.3 is 0 Å². The largest absolute Gasteiger partial charge is 0.394 e. The van der Waals surface area contributed by atoms with Crippen molar-refractivity contribution in [2.75, 3.05) is 6.61 Å². The van der Waals surface area contributed by atoms with Gasteiger partial charge in [-0.2, -0.15) is 0 Å².